The number of piperazine rings is 1. The van der Waals surface area contributed by atoms with Gasteiger partial charge in [0.05, 0.1) is 24.2 Å². The van der Waals surface area contributed by atoms with Crippen LogP contribution in [0.3, 0.4) is 0 Å². The average molecular weight is 416 g/mol. The van der Waals surface area contributed by atoms with Gasteiger partial charge < -0.3 is 14.4 Å². The molecule has 2 aromatic rings. The standard InChI is InChI=1S/C21H25N3O4S/c1-27-19-7-9-20(10-8-19)28-16-4-11-23-12-14-24(15-13-23)29(25,26)21-6-3-2-5-18(21)17-22/h2-3,5-10H,4,11-16H2,1H3. The molecule has 3 rings (SSSR count). The lowest BCUT2D eigenvalue weighted by molar-refractivity contribution is 0.174. The van der Waals surface area contributed by atoms with E-state index in [0.717, 1.165) is 24.5 Å². The van der Waals surface area contributed by atoms with Crippen LogP contribution >= 0.6 is 0 Å². The number of methoxy groups -OCH3 is 1. The lowest BCUT2D eigenvalue weighted by Gasteiger charge is -2.34. The number of nitrogens with zero attached hydrogens (tertiary/aromatic N) is 3. The molecule has 8 heteroatoms. The van der Waals surface area contributed by atoms with Gasteiger partial charge in [-0.25, -0.2) is 8.42 Å². The molecule has 2 aromatic carbocycles. The van der Waals surface area contributed by atoms with Crippen LogP contribution in [-0.2, 0) is 10.0 Å². The van der Waals surface area contributed by atoms with E-state index in [0.29, 0.717) is 32.8 Å². The van der Waals surface area contributed by atoms with E-state index in [2.05, 4.69) is 4.90 Å². The first-order valence-corrected chi connectivity index (χ1v) is 11.0. The number of nitriles is 1. The zero-order valence-corrected chi connectivity index (χ0v) is 17.3. The molecule has 0 aliphatic carbocycles. The summed E-state index contributed by atoms with van der Waals surface area (Å²) in [4.78, 5) is 2.32. The van der Waals surface area contributed by atoms with Gasteiger partial charge in [0.1, 0.15) is 17.6 Å². The van der Waals surface area contributed by atoms with Gasteiger partial charge in [0.2, 0.25) is 10.0 Å². The molecular formula is C21H25N3O4S. The fourth-order valence-corrected chi connectivity index (χ4v) is 4.83. The van der Waals surface area contributed by atoms with Crippen LogP contribution in [0.15, 0.2) is 53.4 Å². The molecule has 7 nitrogen and oxygen atoms in total. The molecule has 0 saturated carbocycles. The van der Waals surface area contributed by atoms with Crippen molar-refractivity contribution in [2.24, 2.45) is 0 Å². The van der Waals surface area contributed by atoms with Gasteiger partial charge in [0, 0.05) is 32.7 Å². The average Bonchev–Trinajstić information content (AvgIpc) is 2.77. The molecular weight excluding hydrogens is 390 g/mol. The van der Waals surface area contributed by atoms with Crippen LogP contribution in [0.2, 0.25) is 0 Å². The lowest BCUT2D eigenvalue weighted by atomic mass is 10.2. The zero-order chi connectivity index (χ0) is 20.7. The first-order chi connectivity index (χ1) is 14.0. The van der Waals surface area contributed by atoms with Crippen LogP contribution in [0.5, 0.6) is 11.5 Å². The molecule has 0 radical (unpaired) electrons. The van der Waals surface area contributed by atoms with Crippen LogP contribution in [0.25, 0.3) is 0 Å². The van der Waals surface area contributed by atoms with Gasteiger partial charge in [-0.05, 0) is 42.8 Å². The number of hydrogen-bond donors (Lipinski definition) is 0. The van der Waals surface area contributed by atoms with Crippen molar-refractivity contribution in [3.05, 3.63) is 54.1 Å². The van der Waals surface area contributed by atoms with Crippen molar-refractivity contribution >= 4 is 10.0 Å². The fraction of sp³-hybridized carbons (Fsp3) is 0.381. The Morgan fingerprint density at radius 2 is 1.66 bits per heavy atom. The summed E-state index contributed by atoms with van der Waals surface area (Å²) in [5.41, 5.74) is 0.186. The predicted molar refractivity (Wildman–Crippen MR) is 109 cm³/mol. The fourth-order valence-electron chi connectivity index (χ4n) is 3.27. The minimum absolute atomic E-state index is 0.0869. The zero-order valence-electron chi connectivity index (χ0n) is 16.5. The van der Waals surface area contributed by atoms with E-state index in [9.17, 15) is 13.7 Å². The summed E-state index contributed by atoms with van der Waals surface area (Å²) in [7, 11) is -2.02. The summed E-state index contributed by atoms with van der Waals surface area (Å²) < 4.78 is 38.1. The van der Waals surface area contributed by atoms with Crippen molar-refractivity contribution in [2.45, 2.75) is 11.3 Å². The Hall–Kier alpha value is -2.60. The largest absolute Gasteiger partial charge is 0.497 e. The van der Waals surface area contributed by atoms with Crippen LogP contribution < -0.4 is 9.47 Å². The molecule has 0 spiro atoms. The topological polar surface area (TPSA) is 82.9 Å². The predicted octanol–water partition coefficient (Wildman–Crippen LogP) is 2.34. The van der Waals surface area contributed by atoms with E-state index in [1.54, 1.807) is 19.2 Å². The Labute approximate surface area is 172 Å². The van der Waals surface area contributed by atoms with Crippen LogP contribution in [0.1, 0.15) is 12.0 Å². The third kappa shape index (κ3) is 5.26. The van der Waals surface area contributed by atoms with Gasteiger partial charge in [-0.15, -0.1) is 0 Å². The van der Waals surface area contributed by atoms with Crippen molar-refractivity contribution in [3.63, 3.8) is 0 Å². The van der Waals surface area contributed by atoms with Crippen molar-refractivity contribution in [1.29, 1.82) is 5.26 Å². The SMILES string of the molecule is COc1ccc(OCCCN2CCN(S(=O)(=O)c3ccccc3C#N)CC2)cc1. The molecule has 0 bridgehead atoms. The maximum Gasteiger partial charge on any atom is 0.244 e. The Balaban J connectivity index is 1.45. The van der Waals surface area contributed by atoms with E-state index < -0.39 is 10.0 Å². The summed E-state index contributed by atoms with van der Waals surface area (Å²) in [5.74, 6) is 1.60. The third-order valence-corrected chi connectivity index (χ3v) is 6.86. The second-order valence-corrected chi connectivity index (χ2v) is 8.64. The summed E-state index contributed by atoms with van der Waals surface area (Å²) in [6.45, 7) is 3.61. The van der Waals surface area contributed by atoms with Gasteiger partial charge in [0.25, 0.3) is 0 Å². The number of benzene rings is 2. The highest BCUT2D eigenvalue weighted by Gasteiger charge is 2.29. The smallest absolute Gasteiger partial charge is 0.244 e. The molecule has 1 heterocycles. The van der Waals surface area contributed by atoms with E-state index in [-0.39, 0.29) is 10.5 Å². The maximum atomic E-state index is 12.9. The number of ether oxygens (including phenoxy) is 2. The van der Waals surface area contributed by atoms with Gasteiger partial charge in [-0.3, -0.25) is 0 Å². The quantitative estimate of drug-likeness (QED) is 0.616. The highest BCUT2D eigenvalue weighted by Crippen LogP contribution is 2.21. The third-order valence-electron chi connectivity index (χ3n) is 4.90. The molecule has 0 amide bonds. The second kappa shape index (κ2) is 9.74. The van der Waals surface area contributed by atoms with Gasteiger partial charge >= 0.3 is 0 Å². The molecule has 154 valence electrons. The number of rotatable bonds is 8. The minimum atomic E-state index is -3.65. The van der Waals surface area contributed by atoms with Crippen molar-refractivity contribution in [2.75, 3.05) is 46.4 Å². The second-order valence-electron chi connectivity index (χ2n) is 6.73. The van der Waals surface area contributed by atoms with Gasteiger partial charge in [-0.2, -0.15) is 9.57 Å². The van der Waals surface area contributed by atoms with Crippen molar-refractivity contribution in [3.8, 4) is 17.6 Å². The Bertz CT molecular complexity index is 947. The molecule has 1 fully saturated rings. The normalized spacial score (nSPS) is 15.6. The molecule has 0 unspecified atom stereocenters. The van der Waals surface area contributed by atoms with Crippen LogP contribution in [0.4, 0.5) is 0 Å². The van der Waals surface area contributed by atoms with Crippen LogP contribution in [0, 0.1) is 11.3 Å². The summed E-state index contributed by atoms with van der Waals surface area (Å²) >= 11 is 0. The van der Waals surface area contributed by atoms with E-state index in [1.807, 2.05) is 30.3 Å². The van der Waals surface area contributed by atoms with Crippen molar-refractivity contribution < 1.29 is 17.9 Å². The summed E-state index contributed by atoms with van der Waals surface area (Å²) in [5, 5.41) is 9.19. The highest BCUT2D eigenvalue weighted by molar-refractivity contribution is 7.89. The van der Waals surface area contributed by atoms with Gasteiger partial charge in [0.15, 0.2) is 0 Å². The lowest BCUT2D eigenvalue weighted by Crippen LogP contribution is -2.49. The summed E-state index contributed by atoms with van der Waals surface area (Å²) in [6.07, 6.45) is 0.857. The minimum Gasteiger partial charge on any atom is -0.497 e. The molecule has 29 heavy (non-hydrogen) atoms. The first kappa shape index (κ1) is 21.1. The molecule has 0 aromatic heterocycles. The van der Waals surface area contributed by atoms with Crippen LogP contribution in [-0.4, -0.2) is 64.1 Å². The van der Waals surface area contributed by atoms with E-state index in [1.165, 1.54) is 16.4 Å². The monoisotopic (exact) mass is 415 g/mol. The summed E-state index contributed by atoms with van der Waals surface area (Å²) in [6, 6.07) is 15.8. The maximum absolute atomic E-state index is 12.9. The Morgan fingerprint density at radius 3 is 2.31 bits per heavy atom. The first-order valence-electron chi connectivity index (χ1n) is 9.53. The van der Waals surface area contributed by atoms with E-state index >= 15 is 0 Å². The molecule has 1 aliphatic rings. The molecule has 0 N–H and O–H groups in total. The highest BCUT2D eigenvalue weighted by atomic mass is 32.2. The molecule has 0 atom stereocenters. The van der Waals surface area contributed by atoms with Gasteiger partial charge in [-0.1, -0.05) is 12.1 Å². The molecule has 1 aliphatic heterocycles. The van der Waals surface area contributed by atoms with Crippen molar-refractivity contribution in [1.82, 2.24) is 9.21 Å². The Morgan fingerprint density at radius 1 is 1.00 bits per heavy atom. The number of hydrogen-bond acceptors (Lipinski definition) is 6. The number of sulfonamides is 1. The Kier molecular flexibility index (Phi) is 7.09. The van der Waals surface area contributed by atoms with E-state index in [4.69, 9.17) is 9.47 Å². The molecule has 1 saturated heterocycles.